The molecule has 8 rings (SSSR count). The van der Waals surface area contributed by atoms with Crippen molar-refractivity contribution in [3.63, 3.8) is 0 Å². The number of aryl methyl sites for hydroxylation is 2. The summed E-state index contributed by atoms with van der Waals surface area (Å²) in [5.74, 6) is 0.947. The Morgan fingerprint density at radius 2 is 1.22 bits per heavy atom. The first-order valence-electron chi connectivity index (χ1n) is 19.4. The van der Waals surface area contributed by atoms with Crippen LogP contribution in [0.5, 0.6) is 11.5 Å². The molecule has 4 aromatic heterocycles. The maximum Gasteiger partial charge on any atom is 0.255 e. The lowest BCUT2D eigenvalue weighted by molar-refractivity contribution is 0.0956. The highest BCUT2D eigenvalue weighted by atomic mass is 19.1. The van der Waals surface area contributed by atoms with Gasteiger partial charge in [0, 0.05) is 65.7 Å². The van der Waals surface area contributed by atoms with E-state index < -0.39 is 0 Å². The minimum atomic E-state index is -0.347. The molecule has 2 amide bonds. The number of fused-ring (bicyclic) bond motifs is 6. The minimum absolute atomic E-state index is 0.0252. The first-order valence-corrected chi connectivity index (χ1v) is 19.4. The zero-order chi connectivity index (χ0) is 41.4. The summed E-state index contributed by atoms with van der Waals surface area (Å²) in [6, 6.07) is 17.5. The molecule has 0 aliphatic rings. The van der Waals surface area contributed by atoms with E-state index >= 15 is 0 Å². The summed E-state index contributed by atoms with van der Waals surface area (Å²) in [7, 11) is 3.15. The van der Waals surface area contributed by atoms with E-state index in [0.29, 0.717) is 67.2 Å². The molecule has 8 aromatic rings. The highest BCUT2D eigenvalue weighted by molar-refractivity contribution is 6.19. The number of halogens is 2. The molecule has 300 valence electrons. The van der Waals surface area contributed by atoms with Crippen LogP contribution >= 0.6 is 0 Å². The van der Waals surface area contributed by atoms with Crippen molar-refractivity contribution in [2.24, 2.45) is 0 Å². The van der Waals surface area contributed by atoms with Crippen molar-refractivity contribution < 1.29 is 36.7 Å². The lowest BCUT2D eigenvalue weighted by Crippen LogP contribution is -2.18. The van der Waals surface area contributed by atoms with E-state index in [1.54, 1.807) is 38.4 Å². The quantitative estimate of drug-likeness (QED) is 0.127. The number of H-pyrrole nitrogens is 1. The number of benzene rings is 4. The maximum absolute atomic E-state index is 13.4. The topological polar surface area (TPSA) is 124 Å². The summed E-state index contributed by atoms with van der Waals surface area (Å²) >= 11 is 0. The van der Waals surface area contributed by atoms with Gasteiger partial charge in [0.05, 0.1) is 34.4 Å². The van der Waals surface area contributed by atoms with Crippen LogP contribution in [-0.2, 0) is 13.0 Å². The molecule has 0 spiro atoms. The van der Waals surface area contributed by atoms with Gasteiger partial charge in [-0.3, -0.25) is 9.59 Å². The number of rotatable bonds is 10. The predicted octanol–water partition coefficient (Wildman–Crippen LogP) is 10.8. The van der Waals surface area contributed by atoms with Crippen LogP contribution in [0.25, 0.3) is 66.4 Å². The van der Waals surface area contributed by atoms with Crippen LogP contribution in [0.1, 0.15) is 67.8 Å². The van der Waals surface area contributed by atoms with Gasteiger partial charge in [-0.15, -0.1) is 0 Å². The number of carbonyl (C=O) groups is 2. The van der Waals surface area contributed by atoms with Crippen LogP contribution in [0.3, 0.4) is 0 Å². The Labute approximate surface area is 334 Å². The lowest BCUT2D eigenvalue weighted by Gasteiger charge is -2.13. The maximum atomic E-state index is 13.4. The van der Waals surface area contributed by atoms with Gasteiger partial charge in [-0.25, -0.2) is 8.78 Å². The van der Waals surface area contributed by atoms with E-state index in [1.807, 2.05) is 58.3 Å². The average Bonchev–Trinajstić information content (AvgIpc) is 4.00. The number of aromatic amines is 1. The van der Waals surface area contributed by atoms with Crippen molar-refractivity contribution in [1.29, 1.82) is 0 Å². The van der Waals surface area contributed by atoms with Crippen LogP contribution in [0.4, 0.5) is 8.78 Å². The molecule has 0 saturated carbocycles. The number of nitrogens with one attached hydrogen (secondary N) is 3. The molecule has 0 saturated heterocycles. The van der Waals surface area contributed by atoms with Gasteiger partial charge < -0.3 is 38.5 Å². The van der Waals surface area contributed by atoms with Crippen LogP contribution in [0.2, 0.25) is 0 Å². The minimum Gasteiger partial charge on any atom is -0.489 e. The summed E-state index contributed by atoms with van der Waals surface area (Å²) < 4.78 is 53.6. The Bertz CT molecular complexity index is 2790. The molecule has 0 aliphatic heterocycles. The van der Waals surface area contributed by atoms with Crippen molar-refractivity contribution >= 4 is 55.6 Å². The number of amides is 2. The zero-order valence-electron chi connectivity index (χ0n) is 33.7. The molecule has 58 heavy (non-hydrogen) atoms. The Balaban J connectivity index is 0.000000177. The molecular formula is C46H46F2N4O6. The standard InChI is InChI=1S/2C23H23FN2O3/c1-5-13-11-26-20-17(28-12(2)3)10-16-19(23(27)25-4)21(29-22(16)18(13)20)14-6-8-15(24)9-7-14;1-5-26-11-10-16-20(26)18(28-13(2)3)12-17-19(23(27)25-4)21(29-22(16)17)14-6-8-15(24)9-7-14/h6-12,26H,5H2,1-4H3,(H,25,27);6-13H,5H2,1-4H3,(H,25,27). The zero-order valence-corrected chi connectivity index (χ0v) is 33.7. The van der Waals surface area contributed by atoms with Crippen molar-refractivity contribution in [3.05, 3.63) is 107 Å². The summed E-state index contributed by atoms with van der Waals surface area (Å²) in [5.41, 5.74) is 6.16. The number of hydrogen-bond acceptors (Lipinski definition) is 6. The molecule has 0 bridgehead atoms. The summed E-state index contributed by atoms with van der Waals surface area (Å²) in [4.78, 5) is 28.9. The van der Waals surface area contributed by atoms with Crippen LogP contribution in [-0.4, -0.2) is 47.7 Å². The van der Waals surface area contributed by atoms with Gasteiger partial charge in [0.1, 0.15) is 45.8 Å². The van der Waals surface area contributed by atoms with Gasteiger partial charge in [0.2, 0.25) is 0 Å². The molecule has 0 aliphatic carbocycles. The number of carbonyl (C=O) groups excluding carboxylic acids is 2. The van der Waals surface area contributed by atoms with E-state index in [4.69, 9.17) is 18.3 Å². The number of furan rings is 2. The molecule has 4 aromatic carbocycles. The normalized spacial score (nSPS) is 11.5. The van der Waals surface area contributed by atoms with Gasteiger partial charge in [-0.05, 0) is 113 Å². The third-order valence-electron chi connectivity index (χ3n) is 9.89. The van der Waals surface area contributed by atoms with Gasteiger partial charge >= 0.3 is 0 Å². The third-order valence-corrected chi connectivity index (χ3v) is 9.89. The van der Waals surface area contributed by atoms with E-state index in [2.05, 4.69) is 34.0 Å². The third kappa shape index (κ3) is 7.14. The van der Waals surface area contributed by atoms with Gasteiger partial charge in [0.25, 0.3) is 11.8 Å². The smallest absolute Gasteiger partial charge is 0.255 e. The highest BCUT2D eigenvalue weighted by Gasteiger charge is 2.28. The van der Waals surface area contributed by atoms with Gasteiger partial charge in [-0.2, -0.15) is 0 Å². The Morgan fingerprint density at radius 3 is 1.72 bits per heavy atom. The predicted molar refractivity (Wildman–Crippen MR) is 224 cm³/mol. The number of nitrogens with zero attached hydrogens (tertiary/aromatic N) is 1. The van der Waals surface area contributed by atoms with E-state index in [-0.39, 0.29) is 35.7 Å². The molecule has 0 radical (unpaired) electrons. The fourth-order valence-electron chi connectivity index (χ4n) is 7.34. The molecular weight excluding hydrogens is 743 g/mol. The second kappa shape index (κ2) is 16.1. The molecule has 4 heterocycles. The summed E-state index contributed by atoms with van der Waals surface area (Å²) in [6.07, 6.45) is 4.66. The van der Waals surface area contributed by atoms with Crippen LogP contribution < -0.4 is 20.1 Å². The molecule has 0 unspecified atom stereocenters. The fraction of sp³-hybridized carbons (Fsp3) is 0.261. The largest absolute Gasteiger partial charge is 0.489 e. The second-order valence-corrected chi connectivity index (χ2v) is 14.4. The first kappa shape index (κ1) is 39.7. The van der Waals surface area contributed by atoms with Crippen molar-refractivity contribution in [2.75, 3.05) is 14.1 Å². The Morgan fingerprint density at radius 1 is 0.724 bits per heavy atom. The summed E-state index contributed by atoms with van der Waals surface area (Å²) in [5, 5.41) is 8.49. The molecule has 0 fully saturated rings. The number of aromatic nitrogens is 2. The molecule has 12 heteroatoms. The van der Waals surface area contributed by atoms with Crippen molar-refractivity contribution in [2.45, 2.75) is 66.7 Å². The van der Waals surface area contributed by atoms with E-state index in [9.17, 15) is 18.4 Å². The van der Waals surface area contributed by atoms with Crippen LogP contribution in [0.15, 0.2) is 88.0 Å². The Kier molecular flexibility index (Phi) is 11.0. The monoisotopic (exact) mass is 788 g/mol. The molecule has 10 nitrogen and oxygen atoms in total. The van der Waals surface area contributed by atoms with Gasteiger partial charge in [-0.1, -0.05) is 6.92 Å². The second-order valence-electron chi connectivity index (χ2n) is 14.4. The Hall–Kier alpha value is -6.56. The van der Waals surface area contributed by atoms with Gasteiger partial charge in [0.15, 0.2) is 0 Å². The van der Waals surface area contributed by atoms with Crippen LogP contribution in [0, 0.1) is 11.6 Å². The summed E-state index contributed by atoms with van der Waals surface area (Å²) in [6.45, 7) is 12.7. The van der Waals surface area contributed by atoms with Crippen molar-refractivity contribution in [1.82, 2.24) is 20.2 Å². The average molecular weight is 789 g/mol. The molecule has 3 N–H and O–H groups in total. The SMILES string of the molecule is CCc1c[nH]c2c(OC(C)C)cc3c(C(=O)NC)c(-c4ccc(F)cc4)oc3c12.CCn1ccc2c3oc(-c4ccc(F)cc4)c(C(=O)NC)c3cc(OC(C)C)c21. The van der Waals surface area contributed by atoms with E-state index in [1.165, 1.54) is 24.3 Å². The fourth-order valence-corrected chi connectivity index (χ4v) is 7.34. The lowest BCUT2D eigenvalue weighted by atomic mass is 10.0. The van der Waals surface area contributed by atoms with E-state index in [0.717, 1.165) is 40.3 Å². The highest BCUT2D eigenvalue weighted by Crippen LogP contribution is 2.44. The van der Waals surface area contributed by atoms with Crippen molar-refractivity contribution in [3.8, 4) is 34.1 Å². The number of ether oxygens (including phenoxy) is 2. The number of hydrogen-bond donors (Lipinski definition) is 3. The first-order chi connectivity index (χ1) is 27.9. The molecule has 0 atom stereocenters.